The lowest BCUT2D eigenvalue weighted by atomic mass is 10.3. The van der Waals surface area contributed by atoms with Crippen molar-refractivity contribution in [2.75, 3.05) is 12.8 Å². The minimum atomic E-state index is 0.597. The Morgan fingerprint density at radius 2 is 2.38 bits per heavy atom. The molecular formula is C10H17NOS. The zero-order valence-electron chi connectivity index (χ0n) is 8.46. The molecular weight excluding hydrogens is 182 g/mol. The molecule has 0 saturated heterocycles. The van der Waals surface area contributed by atoms with Crippen molar-refractivity contribution in [1.82, 2.24) is 5.32 Å². The van der Waals surface area contributed by atoms with Crippen LogP contribution in [-0.4, -0.2) is 18.8 Å². The predicted molar refractivity (Wildman–Crippen MR) is 57.3 cm³/mol. The number of furan rings is 1. The molecule has 0 saturated carbocycles. The number of aryl methyl sites for hydroxylation is 1. The van der Waals surface area contributed by atoms with E-state index in [2.05, 4.69) is 12.2 Å². The molecule has 0 aliphatic rings. The molecule has 13 heavy (non-hydrogen) atoms. The van der Waals surface area contributed by atoms with Gasteiger partial charge in [-0.05, 0) is 39.1 Å². The summed E-state index contributed by atoms with van der Waals surface area (Å²) in [4.78, 5) is 1.27. The van der Waals surface area contributed by atoms with Gasteiger partial charge in [-0.15, -0.1) is 11.8 Å². The quantitative estimate of drug-likeness (QED) is 0.738. The number of thioether (sulfide) groups is 1. The van der Waals surface area contributed by atoms with Crippen LogP contribution in [0.15, 0.2) is 21.6 Å². The Bertz CT molecular complexity index is 247. The summed E-state index contributed by atoms with van der Waals surface area (Å²) in [5.41, 5.74) is 0. The maximum Gasteiger partial charge on any atom is 0.114 e. The monoisotopic (exact) mass is 199 g/mol. The van der Waals surface area contributed by atoms with Gasteiger partial charge in [0.2, 0.25) is 0 Å². The van der Waals surface area contributed by atoms with Crippen molar-refractivity contribution in [3.8, 4) is 0 Å². The van der Waals surface area contributed by atoms with Gasteiger partial charge in [0.15, 0.2) is 0 Å². The lowest BCUT2D eigenvalue weighted by molar-refractivity contribution is 0.526. The van der Waals surface area contributed by atoms with E-state index >= 15 is 0 Å². The Morgan fingerprint density at radius 3 is 2.92 bits per heavy atom. The zero-order chi connectivity index (χ0) is 9.68. The highest BCUT2D eigenvalue weighted by atomic mass is 32.2. The maximum absolute atomic E-state index is 5.21. The summed E-state index contributed by atoms with van der Waals surface area (Å²) in [6.45, 7) is 4.20. The fourth-order valence-electron chi connectivity index (χ4n) is 1.01. The lowest BCUT2D eigenvalue weighted by Crippen LogP contribution is -2.21. The van der Waals surface area contributed by atoms with Gasteiger partial charge in [-0.1, -0.05) is 0 Å². The molecule has 0 aliphatic carbocycles. The molecule has 0 aliphatic heterocycles. The van der Waals surface area contributed by atoms with E-state index in [1.807, 2.05) is 31.8 Å². The van der Waals surface area contributed by atoms with E-state index in [0.29, 0.717) is 6.04 Å². The van der Waals surface area contributed by atoms with Crippen LogP contribution in [0.3, 0.4) is 0 Å². The molecule has 74 valence electrons. The maximum atomic E-state index is 5.21. The van der Waals surface area contributed by atoms with Gasteiger partial charge in [-0.3, -0.25) is 0 Å². The summed E-state index contributed by atoms with van der Waals surface area (Å²) in [5.74, 6) is 2.17. The highest BCUT2D eigenvalue weighted by Gasteiger charge is 2.03. The predicted octanol–water partition coefficient (Wildman–Crippen LogP) is 2.68. The standard InChI is InChI=1S/C10H17NOS/c1-8(11-3)5-7-13-10-4-6-12-9(10)2/h4,6,8,11H,5,7H2,1-3H3. The third kappa shape index (κ3) is 3.44. The van der Waals surface area contributed by atoms with Crippen LogP contribution in [-0.2, 0) is 0 Å². The van der Waals surface area contributed by atoms with E-state index < -0.39 is 0 Å². The fourth-order valence-corrected chi connectivity index (χ4v) is 2.11. The summed E-state index contributed by atoms with van der Waals surface area (Å²) in [6.07, 6.45) is 2.94. The van der Waals surface area contributed by atoms with E-state index in [9.17, 15) is 0 Å². The van der Waals surface area contributed by atoms with Gasteiger partial charge in [0, 0.05) is 10.9 Å². The molecule has 1 heterocycles. The summed E-state index contributed by atoms with van der Waals surface area (Å²) >= 11 is 1.86. The zero-order valence-corrected chi connectivity index (χ0v) is 9.28. The Kier molecular flexibility index (Phi) is 4.39. The van der Waals surface area contributed by atoms with E-state index in [1.165, 1.54) is 11.3 Å². The Balaban J connectivity index is 2.24. The van der Waals surface area contributed by atoms with Crippen LogP contribution in [0, 0.1) is 6.92 Å². The van der Waals surface area contributed by atoms with Crippen molar-refractivity contribution in [3.05, 3.63) is 18.1 Å². The van der Waals surface area contributed by atoms with Crippen molar-refractivity contribution in [1.29, 1.82) is 0 Å². The normalized spacial score (nSPS) is 13.2. The number of hydrogen-bond donors (Lipinski definition) is 1. The molecule has 3 heteroatoms. The topological polar surface area (TPSA) is 25.2 Å². The van der Waals surface area contributed by atoms with Gasteiger partial charge >= 0.3 is 0 Å². The van der Waals surface area contributed by atoms with Gasteiger partial charge in [-0.2, -0.15) is 0 Å². The van der Waals surface area contributed by atoms with E-state index in [-0.39, 0.29) is 0 Å². The van der Waals surface area contributed by atoms with Crippen molar-refractivity contribution in [3.63, 3.8) is 0 Å². The van der Waals surface area contributed by atoms with E-state index in [0.717, 1.165) is 11.5 Å². The number of hydrogen-bond acceptors (Lipinski definition) is 3. The van der Waals surface area contributed by atoms with Crippen molar-refractivity contribution < 1.29 is 4.42 Å². The van der Waals surface area contributed by atoms with Crippen LogP contribution in [0.25, 0.3) is 0 Å². The minimum Gasteiger partial charge on any atom is -0.468 e. The van der Waals surface area contributed by atoms with Gasteiger partial charge in [0.1, 0.15) is 5.76 Å². The van der Waals surface area contributed by atoms with Crippen LogP contribution >= 0.6 is 11.8 Å². The third-order valence-corrected chi connectivity index (χ3v) is 3.29. The number of nitrogens with one attached hydrogen (secondary N) is 1. The molecule has 0 radical (unpaired) electrons. The molecule has 1 atom stereocenters. The second kappa shape index (κ2) is 5.35. The van der Waals surface area contributed by atoms with Crippen molar-refractivity contribution in [2.45, 2.75) is 31.2 Å². The molecule has 1 unspecified atom stereocenters. The van der Waals surface area contributed by atoms with Crippen LogP contribution in [0.2, 0.25) is 0 Å². The van der Waals surface area contributed by atoms with Crippen molar-refractivity contribution in [2.24, 2.45) is 0 Å². The molecule has 0 spiro atoms. The van der Waals surface area contributed by atoms with Crippen LogP contribution in [0.5, 0.6) is 0 Å². The van der Waals surface area contributed by atoms with E-state index in [1.54, 1.807) is 6.26 Å². The first-order valence-corrected chi connectivity index (χ1v) is 5.56. The minimum absolute atomic E-state index is 0.597. The van der Waals surface area contributed by atoms with Gasteiger partial charge < -0.3 is 9.73 Å². The highest BCUT2D eigenvalue weighted by Crippen LogP contribution is 2.23. The van der Waals surface area contributed by atoms with Crippen LogP contribution in [0.4, 0.5) is 0 Å². The van der Waals surface area contributed by atoms with Crippen LogP contribution < -0.4 is 5.32 Å². The summed E-state index contributed by atoms with van der Waals surface area (Å²) in [5, 5.41) is 3.22. The fraction of sp³-hybridized carbons (Fsp3) is 0.600. The van der Waals surface area contributed by atoms with Gasteiger partial charge in [0.25, 0.3) is 0 Å². The Morgan fingerprint density at radius 1 is 1.62 bits per heavy atom. The Labute approximate surface area is 84.1 Å². The molecule has 1 N–H and O–H groups in total. The second-order valence-corrected chi connectivity index (χ2v) is 4.30. The molecule has 2 nitrogen and oxygen atoms in total. The SMILES string of the molecule is CNC(C)CCSc1ccoc1C. The molecule has 0 aromatic carbocycles. The van der Waals surface area contributed by atoms with E-state index in [4.69, 9.17) is 4.42 Å². The van der Waals surface area contributed by atoms with Crippen LogP contribution in [0.1, 0.15) is 19.1 Å². The smallest absolute Gasteiger partial charge is 0.114 e. The molecule has 0 amide bonds. The average Bonchev–Trinajstić information content (AvgIpc) is 2.52. The summed E-state index contributed by atoms with van der Waals surface area (Å²) < 4.78 is 5.21. The molecule has 0 fully saturated rings. The molecule has 0 bridgehead atoms. The first-order valence-electron chi connectivity index (χ1n) is 4.58. The number of rotatable bonds is 5. The van der Waals surface area contributed by atoms with Gasteiger partial charge in [0.05, 0.1) is 6.26 Å². The molecule has 1 aromatic rings. The van der Waals surface area contributed by atoms with Gasteiger partial charge in [-0.25, -0.2) is 0 Å². The highest BCUT2D eigenvalue weighted by molar-refractivity contribution is 7.99. The lowest BCUT2D eigenvalue weighted by Gasteiger charge is -2.08. The third-order valence-electron chi connectivity index (χ3n) is 2.11. The summed E-state index contributed by atoms with van der Waals surface area (Å²) in [6, 6.07) is 2.63. The largest absolute Gasteiger partial charge is 0.468 e. The molecule has 1 rings (SSSR count). The first kappa shape index (κ1) is 10.7. The summed E-state index contributed by atoms with van der Waals surface area (Å²) in [7, 11) is 2.00. The first-order chi connectivity index (χ1) is 6.24. The van der Waals surface area contributed by atoms with Crippen molar-refractivity contribution >= 4 is 11.8 Å². The molecule has 1 aromatic heterocycles. The average molecular weight is 199 g/mol. The second-order valence-electron chi connectivity index (χ2n) is 3.17. The Hall–Kier alpha value is -0.410.